The molecule has 0 N–H and O–H groups in total. The van der Waals surface area contributed by atoms with E-state index in [1.54, 1.807) is 0 Å². The Bertz CT molecular complexity index is 1740. The van der Waals surface area contributed by atoms with Crippen LogP contribution in [0.4, 0.5) is 0 Å². The lowest BCUT2D eigenvalue weighted by Gasteiger charge is -2.19. The van der Waals surface area contributed by atoms with Gasteiger partial charge in [-0.05, 0) is 53.1 Å². The van der Waals surface area contributed by atoms with Crippen LogP contribution in [0.15, 0.2) is 138 Å². The average Bonchev–Trinajstić information content (AvgIpc) is 3.45. The summed E-state index contributed by atoms with van der Waals surface area (Å²) >= 11 is 0. The molecule has 2 heterocycles. The quantitative estimate of drug-likeness (QED) is 0.203. The number of para-hydroxylation sites is 4. The summed E-state index contributed by atoms with van der Waals surface area (Å²) in [5.74, 6) is 0.983. The molecule has 0 bridgehead atoms. The first-order chi connectivity index (χ1) is 17.4. The van der Waals surface area contributed by atoms with Gasteiger partial charge in [0.1, 0.15) is 5.69 Å². The summed E-state index contributed by atoms with van der Waals surface area (Å²) in [5, 5.41) is 0. The number of hydrogen-bond donors (Lipinski definition) is 0. The zero-order valence-corrected chi connectivity index (χ0v) is 19.1. The van der Waals surface area contributed by atoms with E-state index in [9.17, 15) is 0 Å². The summed E-state index contributed by atoms with van der Waals surface area (Å²) in [5.41, 5.74) is 9.10. The van der Waals surface area contributed by atoms with E-state index in [4.69, 9.17) is 4.42 Å². The number of benzene rings is 5. The lowest BCUT2D eigenvalue weighted by molar-refractivity contribution is -0.454. The highest BCUT2D eigenvalue weighted by atomic mass is 16.4. The monoisotopic (exact) mass is 451 g/mol. The van der Waals surface area contributed by atoms with Crippen molar-refractivity contribution < 1.29 is 8.82 Å². The molecule has 0 amide bonds. The fraction of sp³-hybridized carbons (Fsp3) is 0.0312. The molecule has 0 aliphatic rings. The van der Waals surface area contributed by atoms with Gasteiger partial charge in [0.15, 0.2) is 22.1 Å². The molecule has 0 radical (unpaired) electrons. The third-order valence-corrected chi connectivity index (χ3v) is 6.80. The minimum absolute atomic E-state index is 0.174. The molecular weight excluding hydrogens is 428 g/mol. The van der Waals surface area contributed by atoms with Crippen LogP contribution in [0.25, 0.3) is 33.7 Å². The van der Waals surface area contributed by atoms with Crippen molar-refractivity contribution in [1.29, 1.82) is 0 Å². The average molecular weight is 452 g/mol. The molecule has 0 unspecified atom stereocenters. The van der Waals surface area contributed by atoms with E-state index < -0.39 is 0 Å². The lowest BCUT2D eigenvalue weighted by Crippen LogP contribution is -2.17. The van der Waals surface area contributed by atoms with Gasteiger partial charge >= 0.3 is 5.84 Å². The first kappa shape index (κ1) is 19.8. The SMILES string of the molecule is c1ccc(C(c2ccccc2)c2ccc(-n3c4ccccc4[n+]4c5ccccc5oc34)cc2)cc1. The van der Waals surface area contributed by atoms with Crippen molar-refractivity contribution in [3.05, 3.63) is 150 Å². The molecule has 0 aliphatic heterocycles. The van der Waals surface area contributed by atoms with Gasteiger partial charge < -0.3 is 4.42 Å². The Kier molecular flexibility index (Phi) is 4.52. The van der Waals surface area contributed by atoms with Crippen molar-refractivity contribution >= 4 is 28.0 Å². The molecule has 0 spiro atoms. The van der Waals surface area contributed by atoms with E-state index in [1.165, 1.54) is 16.7 Å². The minimum atomic E-state index is 0.174. The highest BCUT2D eigenvalue weighted by Gasteiger charge is 2.27. The zero-order chi connectivity index (χ0) is 23.2. The van der Waals surface area contributed by atoms with E-state index in [0.29, 0.717) is 0 Å². The first-order valence-electron chi connectivity index (χ1n) is 11.9. The van der Waals surface area contributed by atoms with Gasteiger partial charge in [-0.25, -0.2) is 0 Å². The molecule has 5 aromatic carbocycles. The van der Waals surface area contributed by atoms with Crippen LogP contribution >= 0.6 is 0 Å². The van der Waals surface area contributed by atoms with E-state index >= 15 is 0 Å². The number of fused-ring (bicyclic) bond motifs is 5. The van der Waals surface area contributed by atoms with Crippen molar-refractivity contribution in [2.75, 3.05) is 0 Å². The van der Waals surface area contributed by atoms with Crippen molar-refractivity contribution in [3.8, 4) is 5.69 Å². The number of hydrogen-bond acceptors (Lipinski definition) is 1. The van der Waals surface area contributed by atoms with Gasteiger partial charge in [-0.1, -0.05) is 97.1 Å². The molecule has 0 atom stereocenters. The van der Waals surface area contributed by atoms with Crippen molar-refractivity contribution in [2.45, 2.75) is 5.92 Å². The number of nitrogens with zero attached hydrogens (tertiary/aromatic N) is 2. The van der Waals surface area contributed by atoms with Crippen LogP contribution in [0.1, 0.15) is 22.6 Å². The summed E-state index contributed by atoms with van der Waals surface area (Å²) < 4.78 is 10.8. The third kappa shape index (κ3) is 3.17. The molecule has 0 aliphatic carbocycles. The number of imidazole rings is 1. The second-order valence-corrected chi connectivity index (χ2v) is 8.86. The Balaban J connectivity index is 1.41. The molecule has 2 aromatic heterocycles. The summed E-state index contributed by atoms with van der Waals surface area (Å²) in [6.07, 6.45) is 0. The Morgan fingerprint density at radius 1 is 0.514 bits per heavy atom. The highest BCUT2D eigenvalue weighted by Crippen LogP contribution is 2.33. The highest BCUT2D eigenvalue weighted by molar-refractivity contribution is 5.81. The Morgan fingerprint density at radius 2 is 1.06 bits per heavy atom. The second kappa shape index (κ2) is 8.00. The molecule has 166 valence electrons. The molecule has 3 heteroatoms. The molecular formula is C32H23N2O+. The van der Waals surface area contributed by atoms with Gasteiger partial charge in [0.2, 0.25) is 0 Å². The number of aromatic nitrogens is 2. The van der Waals surface area contributed by atoms with Crippen LogP contribution in [0.5, 0.6) is 0 Å². The van der Waals surface area contributed by atoms with Gasteiger partial charge in [-0.2, -0.15) is 8.97 Å². The van der Waals surface area contributed by atoms with Crippen LogP contribution in [0.3, 0.4) is 0 Å². The van der Waals surface area contributed by atoms with Crippen molar-refractivity contribution in [2.24, 2.45) is 0 Å². The maximum atomic E-state index is 6.37. The van der Waals surface area contributed by atoms with Gasteiger partial charge in [0.05, 0.1) is 0 Å². The van der Waals surface area contributed by atoms with Crippen molar-refractivity contribution in [1.82, 2.24) is 4.57 Å². The maximum Gasteiger partial charge on any atom is 0.473 e. The molecule has 35 heavy (non-hydrogen) atoms. The maximum absolute atomic E-state index is 6.37. The number of rotatable bonds is 4. The topological polar surface area (TPSA) is 22.2 Å². The van der Waals surface area contributed by atoms with Gasteiger partial charge in [-0.15, -0.1) is 0 Å². The molecule has 0 saturated carbocycles. The molecule has 7 rings (SSSR count). The van der Waals surface area contributed by atoms with Crippen LogP contribution < -0.4 is 4.40 Å². The van der Waals surface area contributed by atoms with Crippen LogP contribution in [0, 0.1) is 0 Å². The predicted octanol–water partition coefficient (Wildman–Crippen LogP) is 7.30. The molecule has 0 fully saturated rings. The first-order valence-corrected chi connectivity index (χ1v) is 11.9. The fourth-order valence-corrected chi connectivity index (χ4v) is 5.23. The van der Waals surface area contributed by atoms with Crippen molar-refractivity contribution in [3.63, 3.8) is 0 Å². The molecule has 3 nitrogen and oxygen atoms in total. The predicted molar refractivity (Wildman–Crippen MR) is 140 cm³/mol. The van der Waals surface area contributed by atoms with Crippen LogP contribution in [-0.4, -0.2) is 4.57 Å². The Morgan fingerprint density at radius 3 is 1.74 bits per heavy atom. The Hall–Kier alpha value is -4.63. The zero-order valence-electron chi connectivity index (χ0n) is 19.1. The van der Waals surface area contributed by atoms with Gasteiger partial charge in [-0.3, -0.25) is 0 Å². The summed E-state index contributed by atoms with van der Waals surface area (Å²) in [6.45, 7) is 0. The standard InChI is InChI=1S/C32H23N2O/c1-3-11-23(12-4-1)31(24-13-5-2-6-14-24)25-19-21-26(22-20-25)33-27-15-7-8-16-28(27)34-29-17-9-10-18-30(29)35-32(33)34/h1-22,31H/q+1. The molecule has 7 aromatic rings. The fourth-order valence-electron chi connectivity index (χ4n) is 5.23. The summed E-state index contributed by atoms with van der Waals surface area (Å²) in [6, 6.07) is 47.0. The summed E-state index contributed by atoms with van der Waals surface area (Å²) in [4.78, 5) is 0. The number of oxazole rings is 1. The van der Waals surface area contributed by atoms with E-state index in [-0.39, 0.29) is 5.92 Å². The Labute approximate surface area is 203 Å². The van der Waals surface area contributed by atoms with Crippen LogP contribution in [0.2, 0.25) is 0 Å². The van der Waals surface area contributed by atoms with Gasteiger partial charge in [0, 0.05) is 5.92 Å². The smallest absolute Gasteiger partial charge is 0.386 e. The minimum Gasteiger partial charge on any atom is -0.386 e. The largest absolute Gasteiger partial charge is 0.473 e. The summed E-state index contributed by atoms with van der Waals surface area (Å²) in [7, 11) is 0. The molecule has 0 saturated heterocycles. The van der Waals surface area contributed by atoms with Crippen LogP contribution in [-0.2, 0) is 0 Å². The second-order valence-electron chi connectivity index (χ2n) is 8.86. The van der Waals surface area contributed by atoms with E-state index in [2.05, 4.69) is 130 Å². The van der Waals surface area contributed by atoms with Gasteiger partial charge in [0.25, 0.3) is 0 Å². The third-order valence-electron chi connectivity index (χ3n) is 6.80. The van der Waals surface area contributed by atoms with E-state index in [0.717, 1.165) is 33.7 Å². The van der Waals surface area contributed by atoms with E-state index in [1.807, 2.05) is 12.1 Å². The normalized spacial score (nSPS) is 11.7. The lowest BCUT2D eigenvalue weighted by atomic mass is 9.85.